The van der Waals surface area contributed by atoms with E-state index in [4.69, 9.17) is 10.2 Å². The van der Waals surface area contributed by atoms with Gasteiger partial charge in [-0.05, 0) is 197 Å². The SMILES string of the molecule is CC(C)(C)c1ccc2c(c1)c1cc(C(C)(C)C)ccc1n2-c1ccc(C(c2ccc(-c3nnc(-c4ccccc4)s3)cc2)(c2ccc(-n3c4ccc(C(C)(C)C)cc4c4cc(C(C)(C)C)ccc43)cc2)c2ccc(-n3c4ccc(C(C)(C)C)cc4c4cc(C(C)(C)C)ccc43)cc2)cc1. The maximum absolute atomic E-state index is 4.82. The first-order valence-corrected chi connectivity index (χ1v) is 36.3. The number of hydrogen-bond donors (Lipinski definition) is 0. The molecule has 0 bridgehead atoms. The van der Waals surface area contributed by atoms with Crippen LogP contribution in [0, 0.1) is 0 Å². The van der Waals surface area contributed by atoms with Crippen LogP contribution in [0.15, 0.2) is 237 Å². The maximum atomic E-state index is 4.82. The van der Waals surface area contributed by atoms with Gasteiger partial charge in [0.1, 0.15) is 10.0 Å². The summed E-state index contributed by atoms with van der Waals surface area (Å²) in [4.78, 5) is 0. The number of nitrogens with zero attached hydrogens (tertiary/aromatic N) is 5. The van der Waals surface area contributed by atoms with Gasteiger partial charge in [0, 0.05) is 60.5 Å². The monoisotopic (exact) mass is 1310 g/mol. The molecule has 99 heavy (non-hydrogen) atoms. The molecule has 4 heterocycles. The van der Waals surface area contributed by atoms with E-state index in [0.717, 1.165) is 60.5 Å². The van der Waals surface area contributed by atoms with Crippen molar-refractivity contribution in [1.29, 1.82) is 0 Å². The van der Waals surface area contributed by atoms with E-state index in [0.29, 0.717) is 0 Å². The topological polar surface area (TPSA) is 40.6 Å². The second-order valence-electron chi connectivity index (χ2n) is 34.1. The average Bonchev–Trinajstić information content (AvgIpc) is 0.839. The highest BCUT2D eigenvalue weighted by Crippen LogP contribution is 2.49. The van der Waals surface area contributed by atoms with Crippen LogP contribution in [0.3, 0.4) is 0 Å². The van der Waals surface area contributed by atoms with Gasteiger partial charge < -0.3 is 13.7 Å². The molecule has 6 heteroatoms. The van der Waals surface area contributed by atoms with Gasteiger partial charge in [-0.1, -0.05) is 263 Å². The van der Waals surface area contributed by atoms with E-state index >= 15 is 0 Å². The van der Waals surface area contributed by atoms with Gasteiger partial charge in [0.15, 0.2) is 0 Å². The van der Waals surface area contributed by atoms with Gasteiger partial charge in [0.05, 0.1) is 38.5 Å². The standard InChI is InChI=1S/C93H93N5S/c1-87(2,3)64-34-46-79-73(52-64)74-53-65(88(4,5)6)35-47-80(74)96(79)70-40-28-61(29-41-70)93(60-26-24-59(25-27-60)86-95-94-85(99-86)58-22-20-19-21-23-58,62-30-42-71(43-31-62)97-81-48-36-66(89(7,8)9)54-75(81)76-55-67(90(10,11)12)37-49-82(76)97)63-32-44-72(45-33-63)98-83-50-38-68(91(13,14)15)56-77(83)78-57-69(92(16,17)18)39-51-84(78)98/h19-57H,1-18H3. The zero-order valence-electron chi connectivity index (χ0n) is 61.2. The molecule has 0 spiro atoms. The molecule has 4 aromatic heterocycles. The van der Waals surface area contributed by atoms with Crippen molar-refractivity contribution in [3.8, 4) is 38.2 Å². The Hall–Kier alpha value is -9.62. The quantitative estimate of drug-likeness (QED) is 0.135. The smallest absolute Gasteiger partial charge is 0.148 e. The molecule has 0 saturated heterocycles. The Labute approximate surface area is 589 Å². The summed E-state index contributed by atoms with van der Waals surface area (Å²) in [5, 5.41) is 19.0. The molecule has 0 radical (unpaired) electrons. The van der Waals surface area contributed by atoms with E-state index < -0.39 is 5.41 Å². The fourth-order valence-electron chi connectivity index (χ4n) is 15.2. The zero-order chi connectivity index (χ0) is 69.7. The molecule has 11 aromatic carbocycles. The molecule has 15 rings (SSSR count). The molecule has 0 unspecified atom stereocenters. The largest absolute Gasteiger partial charge is 0.309 e. The van der Waals surface area contributed by atoms with Crippen molar-refractivity contribution in [2.24, 2.45) is 0 Å². The fourth-order valence-corrected chi connectivity index (χ4v) is 16.0. The van der Waals surface area contributed by atoms with Crippen LogP contribution >= 0.6 is 11.3 Å². The molecule has 0 amide bonds. The minimum atomic E-state index is -0.859. The van der Waals surface area contributed by atoms with E-state index in [9.17, 15) is 0 Å². The summed E-state index contributed by atoms with van der Waals surface area (Å²) in [5.74, 6) is 0. The Morgan fingerprint density at radius 1 is 0.222 bits per heavy atom. The molecule has 0 saturated carbocycles. The molecule has 15 aromatic rings. The summed E-state index contributed by atoms with van der Waals surface area (Å²) in [7, 11) is 0. The molecule has 0 atom stereocenters. The van der Waals surface area contributed by atoms with Crippen LogP contribution in [-0.4, -0.2) is 23.9 Å². The maximum Gasteiger partial charge on any atom is 0.148 e. The lowest BCUT2D eigenvalue weighted by Crippen LogP contribution is -2.31. The number of aromatic nitrogens is 5. The Kier molecular flexibility index (Phi) is 15.3. The zero-order valence-corrected chi connectivity index (χ0v) is 62.0. The molecule has 0 aliphatic carbocycles. The fraction of sp³-hybridized carbons (Fsp3) is 0.269. The van der Waals surface area contributed by atoms with E-state index in [-0.39, 0.29) is 32.5 Å². The molecule has 5 nitrogen and oxygen atoms in total. The molecular weight excluding hydrogens is 1220 g/mol. The first-order chi connectivity index (χ1) is 46.8. The van der Waals surface area contributed by atoms with Crippen LogP contribution < -0.4 is 0 Å². The second-order valence-corrected chi connectivity index (χ2v) is 35.1. The highest BCUT2D eigenvalue weighted by atomic mass is 32.1. The molecular formula is C93H93N5S. The van der Waals surface area contributed by atoms with E-state index in [1.807, 2.05) is 6.07 Å². The van der Waals surface area contributed by atoms with Gasteiger partial charge in [-0.25, -0.2) is 0 Å². The van der Waals surface area contributed by atoms with Crippen molar-refractivity contribution >= 4 is 76.8 Å². The summed E-state index contributed by atoms with van der Waals surface area (Å²) in [6, 6.07) is 91.0. The van der Waals surface area contributed by atoms with Crippen LogP contribution in [0.4, 0.5) is 0 Å². The Bertz CT molecular complexity index is 4930. The van der Waals surface area contributed by atoms with Gasteiger partial charge >= 0.3 is 0 Å². The summed E-state index contributed by atoms with van der Waals surface area (Å²) < 4.78 is 7.46. The van der Waals surface area contributed by atoms with E-state index in [1.54, 1.807) is 11.3 Å². The van der Waals surface area contributed by atoms with E-state index in [2.05, 4.69) is 369 Å². The Morgan fingerprint density at radius 2 is 0.424 bits per heavy atom. The van der Waals surface area contributed by atoms with Crippen LogP contribution in [0.1, 0.15) is 180 Å². The summed E-state index contributed by atoms with van der Waals surface area (Å²) in [6.45, 7) is 41.7. The lowest BCUT2D eigenvalue weighted by atomic mass is 9.65. The third kappa shape index (κ3) is 11.3. The van der Waals surface area contributed by atoms with Gasteiger partial charge in [0.25, 0.3) is 0 Å². The van der Waals surface area contributed by atoms with Gasteiger partial charge in [-0.3, -0.25) is 0 Å². The van der Waals surface area contributed by atoms with Crippen molar-refractivity contribution in [2.75, 3.05) is 0 Å². The minimum absolute atomic E-state index is 0.0162. The van der Waals surface area contributed by atoms with Crippen LogP contribution in [0.5, 0.6) is 0 Å². The molecule has 496 valence electrons. The van der Waals surface area contributed by atoms with E-state index in [1.165, 1.54) is 98.8 Å². The number of hydrogen-bond acceptors (Lipinski definition) is 3. The van der Waals surface area contributed by atoms with Crippen molar-refractivity contribution < 1.29 is 0 Å². The number of rotatable bonds is 9. The van der Waals surface area contributed by atoms with Crippen molar-refractivity contribution in [3.63, 3.8) is 0 Å². The Morgan fingerprint density at radius 3 is 0.646 bits per heavy atom. The van der Waals surface area contributed by atoms with Crippen molar-refractivity contribution in [3.05, 3.63) is 292 Å². The minimum Gasteiger partial charge on any atom is -0.309 e. The van der Waals surface area contributed by atoms with Gasteiger partial charge in [-0.15, -0.1) is 10.2 Å². The summed E-state index contributed by atoms with van der Waals surface area (Å²) >= 11 is 1.63. The number of fused-ring (bicyclic) bond motifs is 9. The summed E-state index contributed by atoms with van der Waals surface area (Å²) in [5.41, 5.74) is 24.2. The first-order valence-electron chi connectivity index (χ1n) is 35.4. The highest BCUT2D eigenvalue weighted by molar-refractivity contribution is 7.17. The lowest BCUT2D eigenvalue weighted by molar-refractivity contribution is 0.590. The van der Waals surface area contributed by atoms with Crippen LogP contribution in [0.2, 0.25) is 0 Å². The van der Waals surface area contributed by atoms with Crippen LogP contribution in [-0.2, 0) is 37.9 Å². The van der Waals surface area contributed by atoms with Crippen molar-refractivity contribution in [1.82, 2.24) is 23.9 Å². The van der Waals surface area contributed by atoms with Gasteiger partial charge in [0.2, 0.25) is 0 Å². The Balaban J connectivity index is 0.977. The molecule has 0 aliphatic heterocycles. The van der Waals surface area contributed by atoms with Crippen LogP contribution in [0.25, 0.3) is 104 Å². The third-order valence-corrected chi connectivity index (χ3v) is 22.2. The van der Waals surface area contributed by atoms with Gasteiger partial charge in [-0.2, -0.15) is 0 Å². The molecule has 0 fully saturated rings. The third-order valence-electron chi connectivity index (χ3n) is 21.2. The first kappa shape index (κ1) is 65.3. The number of benzene rings is 11. The average molecular weight is 1310 g/mol. The molecule has 0 aliphatic rings. The van der Waals surface area contributed by atoms with Crippen molar-refractivity contribution in [2.45, 2.75) is 163 Å². The normalized spacial score (nSPS) is 13.2. The predicted octanol–water partition coefficient (Wildman–Crippen LogP) is 25.3. The predicted molar refractivity (Wildman–Crippen MR) is 424 cm³/mol. The molecule has 0 N–H and O–H groups in total. The second kappa shape index (κ2) is 23.2. The summed E-state index contributed by atoms with van der Waals surface area (Å²) in [6.07, 6.45) is 0. The lowest BCUT2D eigenvalue weighted by Gasteiger charge is -2.37. The highest BCUT2D eigenvalue weighted by Gasteiger charge is 2.40.